The maximum Gasteiger partial charge on any atom is 0.255 e. The van der Waals surface area contributed by atoms with Gasteiger partial charge in [0.2, 0.25) is 5.78 Å². The largest absolute Gasteiger partial charge is 0.508 e. The Morgan fingerprint density at radius 2 is 1.85 bits per heavy atom. The van der Waals surface area contributed by atoms with E-state index in [9.17, 15) is 34.8 Å². The van der Waals surface area contributed by atoms with Crippen molar-refractivity contribution in [3.8, 4) is 5.75 Å². The first kappa shape index (κ1) is 22.6. The van der Waals surface area contributed by atoms with E-state index < -0.39 is 58.0 Å². The van der Waals surface area contributed by atoms with Crippen molar-refractivity contribution in [2.24, 2.45) is 23.5 Å². The average Bonchev–Trinajstić information content (AvgIpc) is 3.56. The zero-order chi connectivity index (χ0) is 24.7. The minimum atomic E-state index is -2.61. The summed E-state index contributed by atoms with van der Waals surface area (Å²) in [6, 6.07) is 2.25. The normalized spacial score (nSPS) is 30.9. The van der Waals surface area contributed by atoms with Gasteiger partial charge in [0.15, 0.2) is 11.4 Å². The summed E-state index contributed by atoms with van der Waals surface area (Å²) in [5.74, 6) is -5.71. The molecule has 1 aromatic rings. The number of amides is 1. The third-order valence-electron chi connectivity index (χ3n) is 7.91. The van der Waals surface area contributed by atoms with E-state index in [0.29, 0.717) is 12.3 Å². The number of aliphatic hydroxyl groups is 3. The molecule has 0 aromatic heterocycles. The molecule has 9 heteroatoms. The summed E-state index contributed by atoms with van der Waals surface area (Å²) in [5.41, 5.74) is 3.71. The van der Waals surface area contributed by atoms with E-state index >= 15 is 0 Å². The second-order valence-corrected chi connectivity index (χ2v) is 10.2. The predicted molar refractivity (Wildman–Crippen MR) is 121 cm³/mol. The van der Waals surface area contributed by atoms with Gasteiger partial charge in [-0.25, -0.2) is 0 Å². The molecule has 4 aliphatic carbocycles. The number of carbonyl (C=O) groups excluding carboxylic acids is 3. The maximum atomic E-state index is 13.7. The van der Waals surface area contributed by atoms with E-state index in [1.807, 2.05) is 6.07 Å². The van der Waals surface area contributed by atoms with Crippen LogP contribution in [0.15, 0.2) is 29.0 Å². The molecule has 0 spiro atoms. The van der Waals surface area contributed by atoms with E-state index in [-0.39, 0.29) is 23.3 Å². The molecule has 5 rings (SSSR count). The number of hydrogen-bond acceptors (Lipinski definition) is 8. The molecule has 0 saturated heterocycles. The average molecular weight is 469 g/mol. The third-order valence-corrected chi connectivity index (χ3v) is 7.91. The summed E-state index contributed by atoms with van der Waals surface area (Å²) < 4.78 is 0. The number of ketones is 2. The van der Waals surface area contributed by atoms with Crippen LogP contribution in [0.3, 0.4) is 0 Å². The lowest BCUT2D eigenvalue weighted by Gasteiger charge is -2.50. The van der Waals surface area contributed by atoms with Gasteiger partial charge in [-0.3, -0.25) is 19.3 Å². The van der Waals surface area contributed by atoms with Crippen molar-refractivity contribution in [2.45, 2.75) is 43.7 Å². The van der Waals surface area contributed by atoms with Crippen LogP contribution in [-0.2, 0) is 27.2 Å². The molecule has 0 unspecified atom stereocenters. The minimum absolute atomic E-state index is 0.101. The van der Waals surface area contributed by atoms with E-state index in [2.05, 4.69) is 0 Å². The summed E-state index contributed by atoms with van der Waals surface area (Å²) >= 11 is 0. The van der Waals surface area contributed by atoms with Crippen molar-refractivity contribution in [1.29, 1.82) is 0 Å². The van der Waals surface area contributed by atoms with Crippen LogP contribution in [-0.4, -0.2) is 68.5 Å². The Hall–Kier alpha value is -3.17. The maximum absolute atomic E-state index is 13.7. The second-order valence-electron chi connectivity index (χ2n) is 10.2. The van der Waals surface area contributed by atoms with Gasteiger partial charge in [-0.1, -0.05) is 6.07 Å². The number of aromatic hydroxyl groups is 1. The molecule has 1 amide bonds. The third kappa shape index (κ3) is 2.96. The Kier molecular flexibility index (Phi) is 4.93. The lowest BCUT2D eigenvalue weighted by Crippen LogP contribution is -2.65. The Balaban J connectivity index is 1.71. The zero-order valence-electron chi connectivity index (χ0n) is 19.0. The van der Waals surface area contributed by atoms with Crippen LogP contribution in [0.2, 0.25) is 0 Å². The molecular weight excluding hydrogens is 440 g/mol. The van der Waals surface area contributed by atoms with E-state index in [4.69, 9.17) is 5.73 Å². The molecule has 0 radical (unpaired) electrons. The second kappa shape index (κ2) is 7.41. The molecule has 9 nitrogen and oxygen atoms in total. The summed E-state index contributed by atoms with van der Waals surface area (Å²) in [4.78, 5) is 40.3. The fourth-order valence-corrected chi connectivity index (χ4v) is 6.13. The lowest BCUT2D eigenvalue weighted by molar-refractivity contribution is -0.153. The van der Waals surface area contributed by atoms with Crippen LogP contribution >= 0.6 is 0 Å². The van der Waals surface area contributed by atoms with Crippen molar-refractivity contribution in [3.63, 3.8) is 0 Å². The Morgan fingerprint density at radius 3 is 2.44 bits per heavy atom. The first-order valence-electron chi connectivity index (χ1n) is 11.5. The molecule has 4 aliphatic rings. The molecule has 1 aromatic carbocycles. The molecule has 4 atom stereocenters. The number of aliphatic hydroxyl groups excluding tert-OH is 2. The van der Waals surface area contributed by atoms with Gasteiger partial charge in [0.05, 0.1) is 11.6 Å². The summed E-state index contributed by atoms with van der Waals surface area (Å²) in [7, 11) is 3.17. The molecular formula is C25H28N2O7. The number of phenols is 1. The molecule has 34 heavy (non-hydrogen) atoms. The molecule has 2 fully saturated rings. The van der Waals surface area contributed by atoms with Gasteiger partial charge in [-0.2, -0.15) is 0 Å². The quantitative estimate of drug-likeness (QED) is 0.408. The van der Waals surface area contributed by atoms with Gasteiger partial charge in [0, 0.05) is 11.5 Å². The highest BCUT2D eigenvalue weighted by atomic mass is 16.3. The fourth-order valence-electron chi connectivity index (χ4n) is 6.13. The van der Waals surface area contributed by atoms with Crippen LogP contribution in [0.5, 0.6) is 5.75 Å². The van der Waals surface area contributed by atoms with Crippen LogP contribution < -0.4 is 5.73 Å². The first-order valence-corrected chi connectivity index (χ1v) is 11.5. The Bertz CT molecular complexity index is 1210. The Labute approximate surface area is 196 Å². The minimum Gasteiger partial charge on any atom is -0.508 e. The highest BCUT2D eigenvalue weighted by Gasteiger charge is 2.64. The van der Waals surface area contributed by atoms with Crippen molar-refractivity contribution in [3.05, 3.63) is 45.7 Å². The van der Waals surface area contributed by atoms with Gasteiger partial charge >= 0.3 is 0 Å². The van der Waals surface area contributed by atoms with Crippen LogP contribution in [0.1, 0.15) is 36.0 Å². The molecule has 0 aliphatic heterocycles. The topological polar surface area (TPSA) is 161 Å². The number of carbonyl (C=O) groups is 3. The number of nitrogens with two attached hydrogens (primary N) is 1. The van der Waals surface area contributed by atoms with Crippen molar-refractivity contribution >= 4 is 23.2 Å². The van der Waals surface area contributed by atoms with Crippen molar-refractivity contribution < 1.29 is 34.8 Å². The molecule has 6 N–H and O–H groups in total. The number of nitrogens with zero attached hydrogens (tertiary/aromatic N) is 1. The highest BCUT2D eigenvalue weighted by molar-refractivity contribution is 6.24. The number of hydrogen-bond donors (Lipinski definition) is 5. The smallest absolute Gasteiger partial charge is 0.255 e. The van der Waals surface area contributed by atoms with E-state index in [1.165, 1.54) is 11.0 Å². The number of benzene rings is 1. The van der Waals surface area contributed by atoms with Gasteiger partial charge in [0.1, 0.15) is 22.8 Å². The van der Waals surface area contributed by atoms with Gasteiger partial charge < -0.3 is 26.2 Å². The first-order chi connectivity index (χ1) is 16.0. The van der Waals surface area contributed by atoms with Crippen LogP contribution in [0.4, 0.5) is 0 Å². The number of likely N-dealkylation sites (N-methyl/N-ethyl adjacent to an activating group) is 1. The summed E-state index contributed by atoms with van der Waals surface area (Å²) in [6.07, 6.45) is 3.50. The standard InChI is InChI=1S/C25H28N2O7/c1-27(2)19-14-9-12-8-13-11(7-10-3-4-10)5-6-15(28)17(13)20(29)16(12)22(31)25(14,34)23(32)18(21(19)30)24(26)33/h5-6,10,12,14,19,28-29,32,34H,3-4,7-9H2,1-2H3,(H2,26,33)/t12-,14-,19-,25-/m0/s1. The van der Waals surface area contributed by atoms with Gasteiger partial charge in [-0.15, -0.1) is 0 Å². The zero-order valence-corrected chi connectivity index (χ0v) is 19.0. The van der Waals surface area contributed by atoms with Crippen LogP contribution in [0, 0.1) is 17.8 Å². The summed E-state index contributed by atoms with van der Waals surface area (Å²) in [6.45, 7) is 0. The number of phenolic OH excluding ortho intramolecular Hbond substituents is 1. The molecule has 180 valence electrons. The van der Waals surface area contributed by atoms with Gasteiger partial charge in [-0.05, 0) is 75.2 Å². The number of fused-ring (bicyclic) bond motifs is 3. The number of primary amides is 1. The molecule has 2 saturated carbocycles. The van der Waals surface area contributed by atoms with Crippen molar-refractivity contribution in [1.82, 2.24) is 4.90 Å². The number of Topliss-reactive ketones (excluding diaryl/α,β-unsaturated/α-hetero) is 2. The van der Waals surface area contributed by atoms with E-state index in [0.717, 1.165) is 30.4 Å². The number of rotatable bonds is 4. The predicted octanol–water partition coefficient (Wildman–Crippen LogP) is 0.917. The monoisotopic (exact) mass is 468 g/mol. The van der Waals surface area contributed by atoms with E-state index in [1.54, 1.807) is 14.1 Å². The Morgan fingerprint density at radius 1 is 1.18 bits per heavy atom. The van der Waals surface area contributed by atoms with Gasteiger partial charge in [0.25, 0.3) is 5.91 Å². The van der Waals surface area contributed by atoms with Crippen LogP contribution in [0.25, 0.3) is 5.76 Å². The fraction of sp³-hybridized carbons (Fsp3) is 0.480. The molecule has 0 heterocycles. The SMILES string of the molecule is CN(C)[C@@H]1C(=O)C(C(N)=O)=C(O)[C@@]2(O)C(=O)C3=C(O)c4c(O)ccc(CC5CC5)c4C[C@H]3C[C@@H]12. The summed E-state index contributed by atoms with van der Waals surface area (Å²) in [5, 5.41) is 44.2. The lowest BCUT2D eigenvalue weighted by atomic mass is 9.57. The highest BCUT2D eigenvalue weighted by Crippen LogP contribution is 2.53. The molecule has 0 bridgehead atoms. The van der Waals surface area contributed by atoms with Crippen molar-refractivity contribution in [2.75, 3.05) is 14.1 Å².